The van der Waals surface area contributed by atoms with Crippen LogP contribution in [0, 0.1) is 0 Å². The molecule has 0 spiro atoms. The van der Waals surface area contributed by atoms with Crippen LogP contribution in [-0.4, -0.2) is 48.9 Å². The third-order valence-electron chi connectivity index (χ3n) is 2.24. The summed E-state index contributed by atoms with van der Waals surface area (Å²) in [6.07, 6.45) is 0.227. The molecular formula is C11H20N4O3S. The van der Waals surface area contributed by atoms with Crippen molar-refractivity contribution in [2.45, 2.75) is 19.4 Å². The molecule has 7 nitrogen and oxygen atoms in total. The summed E-state index contributed by atoms with van der Waals surface area (Å²) in [6.45, 7) is 3.10. The van der Waals surface area contributed by atoms with Gasteiger partial charge in [0.2, 0.25) is 0 Å². The molecule has 0 aliphatic heterocycles. The van der Waals surface area contributed by atoms with Crippen molar-refractivity contribution in [1.82, 2.24) is 10.3 Å². The van der Waals surface area contributed by atoms with Crippen LogP contribution in [0.4, 0.5) is 10.9 Å². The molecule has 1 aromatic heterocycles. The number of nitrogens with one attached hydrogen (secondary N) is 2. The van der Waals surface area contributed by atoms with Crippen LogP contribution in [0.25, 0.3) is 0 Å². The van der Waals surface area contributed by atoms with Gasteiger partial charge < -0.3 is 26.2 Å². The lowest BCUT2D eigenvalue weighted by atomic mass is 10.3. The Morgan fingerprint density at radius 2 is 2.37 bits per heavy atom. The van der Waals surface area contributed by atoms with Gasteiger partial charge in [-0.2, -0.15) is 0 Å². The first-order valence-electron chi connectivity index (χ1n) is 6.03. The summed E-state index contributed by atoms with van der Waals surface area (Å²) in [6, 6.07) is 0. The van der Waals surface area contributed by atoms with Crippen molar-refractivity contribution in [2.75, 3.05) is 37.9 Å². The molecule has 1 heterocycles. The fraction of sp³-hybridized carbons (Fsp3) is 0.636. The van der Waals surface area contributed by atoms with Crippen molar-refractivity contribution in [3.63, 3.8) is 0 Å². The molecule has 0 saturated carbocycles. The summed E-state index contributed by atoms with van der Waals surface area (Å²) in [5.41, 5.74) is 5.69. The van der Waals surface area contributed by atoms with E-state index in [4.69, 9.17) is 10.5 Å². The van der Waals surface area contributed by atoms with Gasteiger partial charge in [-0.25, -0.2) is 4.98 Å². The molecule has 108 valence electrons. The maximum atomic E-state index is 11.9. The molecule has 19 heavy (non-hydrogen) atoms. The lowest BCUT2D eigenvalue weighted by Gasteiger charge is -2.09. The van der Waals surface area contributed by atoms with E-state index < -0.39 is 6.10 Å². The van der Waals surface area contributed by atoms with Gasteiger partial charge >= 0.3 is 0 Å². The third-order valence-corrected chi connectivity index (χ3v) is 3.27. The number of nitrogens with zero attached hydrogens (tertiary/aromatic N) is 1. The Kier molecular flexibility index (Phi) is 6.54. The molecule has 0 aliphatic carbocycles. The highest BCUT2D eigenvalue weighted by molar-refractivity contribution is 7.18. The van der Waals surface area contributed by atoms with Crippen molar-refractivity contribution in [3.8, 4) is 0 Å². The normalized spacial score (nSPS) is 12.2. The largest absolute Gasteiger partial charge is 0.389 e. The van der Waals surface area contributed by atoms with E-state index in [1.807, 2.05) is 6.92 Å². The van der Waals surface area contributed by atoms with Crippen LogP contribution < -0.4 is 16.4 Å². The molecule has 1 atom stereocenters. The average Bonchev–Trinajstić information content (AvgIpc) is 2.75. The second-order valence-corrected chi connectivity index (χ2v) is 4.98. The number of amides is 1. The maximum Gasteiger partial charge on any atom is 0.265 e. The van der Waals surface area contributed by atoms with Crippen molar-refractivity contribution >= 4 is 28.2 Å². The minimum atomic E-state index is -0.735. The van der Waals surface area contributed by atoms with E-state index in [1.54, 1.807) is 0 Å². The lowest BCUT2D eigenvalue weighted by molar-refractivity contribution is 0.0611. The van der Waals surface area contributed by atoms with Crippen LogP contribution in [0.15, 0.2) is 0 Å². The molecule has 5 N–H and O–H groups in total. The van der Waals surface area contributed by atoms with Gasteiger partial charge in [0.1, 0.15) is 10.7 Å². The Balaban J connectivity index is 2.54. The predicted octanol–water partition coefficient (Wildman–Crippen LogP) is 0.284. The van der Waals surface area contributed by atoms with Crippen molar-refractivity contribution in [3.05, 3.63) is 4.88 Å². The van der Waals surface area contributed by atoms with Gasteiger partial charge in [-0.1, -0.05) is 18.3 Å². The summed E-state index contributed by atoms with van der Waals surface area (Å²) in [5.74, 6) is -0.142. The minimum absolute atomic E-state index is 0.113. The number of rotatable bonds is 8. The zero-order valence-electron chi connectivity index (χ0n) is 11.1. The van der Waals surface area contributed by atoms with Gasteiger partial charge in [-0.05, 0) is 6.42 Å². The molecule has 8 heteroatoms. The maximum absolute atomic E-state index is 11.9. The molecule has 0 bridgehead atoms. The second kappa shape index (κ2) is 7.93. The highest BCUT2D eigenvalue weighted by Crippen LogP contribution is 2.24. The zero-order chi connectivity index (χ0) is 14.3. The number of aliphatic hydroxyl groups is 1. The molecule has 0 aliphatic rings. The molecule has 0 radical (unpaired) electrons. The first kappa shape index (κ1) is 15.7. The number of thiazole rings is 1. The van der Waals surface area contributed by atoms with Crippen LogP contribution in [-0.2, 0) is 4.74 Å². The summed E-state index contributed by atoms with van der Waals surface area (Å²) in [7, 11) is 1.48. The fourth-order valence-corrected chi connectivity index (χ4v) is 2.17. The molecule has 0 saturated heterocycles. The van der Waals surface area contributed by atoms with Crippen LogP contribution in [0.2, 0.25) is 0 Å². The minimum Gasteiger partial charge on any atom is -0.389 e. The molecule has 1 amide bonds. The average molecular weight is 288 g/mol. The van der Waals surface area contributed by atoms with Crippen molar-refractivity contribution in [1.29, 1.82) is 0 Å². The van der Waals surface area contributed by atoms with E-state index in [9.17, 15) is 9.90 Å². The van der Waals surface area contributed by atoms with Gasteiger partial charge in [-0.3, -0.25) is 4.79 Å². The Morgan fingerprint density at radius 1 is 1.63 bits per heavy atom. The van der Waals surface area contributed by atoms with E-state index >= 15 is 0 Å². The van der Waals surface area contributed by atoms with Gasteiger partial charge in [0.25, 0.3) is 5.91 Å². The Morgan fingerprint density at radius 3 is 3.00 bits per heavy atom. The van der Waals surface area contributed by atoms with Crippen molar-refractivity contribution in [2.24, 2.45) is 0 Å². The van der Waals surface area contributed by atoms with Crippen LogP contribution >= 0.6 is 11.3 Å². The molecule has 1 unspecified atom stereocenters. The third kappa shape index (κ3) is 5.01. The standard InChI is InChI=1S/C11H20N4O3S/c1-3-4-13-11-15-9(12)8(19-11)10(17)14-5-7(16)6-18-2/h7,16H,3-6,12H2,1-2H3,(H,13,15)(H,14,17). The number of hydrogen-bond donors (Lipinski definition) is 4. The summed E-state index contributed by atoms with van der Waals surface area (Å²) >= 11 is 1.20. The van der Waals surface area contributed by atoms with Crippen LogP contribution in [0.3, 0.4) is 0 Å². The highest BCUT2D eigenvalue weighted by atomic mass is 32.1. The SMILES string of the molecule is CCCNc1nc(N)c(C(=O)NCC(O)COC)s1. The zero-order valence-corrected chi connectivity index (χ0v) is 11.9. The van der Waals surface area contributed by atoms with E-state index in [-0.39, 0.29) is 24.9 Å². The number of carbonyl (C=O) groups is 1. The molecule has 1 aromatic rings. The fourth-order valence-electron chi connectivity index (χ4n) is 1.34. The Labute approximate surface area is 116 Å². The van der Waals surface area contributed by atoms with E-state index in [0.717, 1.165) is 13.0 Å². The highest BCUT2D eigenvalue weighted by Gasteiger charge is 2.16. The molecule has 0 fully saturated rings. The summed E-state index contributed by atoms with van der Waals surface area (Å²) in [4.78, 5) is 16.3. The topological polar surface area (TPSA) is 110 Å². The quantitative estimate of drug-likeness (QED) is 0.547. The summed E-state index contributed by atoms with van der Waals surface area (Å²) < 4.78 is 4.77. The number of nitrogens with two attached hydrogens (primary N) is 1. The monoisotopic (exact) mass is 288 g/mol. The molecular weight excluding hydrogens is 268 g/mol. The number of nitrogen functional groups attached to an aromatic ring is 1. The van der Waals surface area contributed by atoms with Gasteiger partial charge in [0.05, 0.1) is 12.7 Å². The smallest absolute Gasteiger partial charge is 0.265 e. The van der Waals surface area contributed by atoms with Gasteiger partial charge in [-0.15, -0.1) is 0 Å². The van der Waals surface area contributed by atoms with Gasteiger partial charge in [0.15, 0.2) is 5.13 Å². The summed E-state index contributed by atoms with van der Waals surface area (Å²) in [5, 5.41) is 15.7. The number of carbonyl (C=O) groups excluding carboxylic acids is 1. The number of ether oxygens (including phenoxy) is 1. The van der Waals surface area contributed by atoms with Crippen molar-refractivity contribution < 1.29 is 14.6 Å². The predicted molar refractivity (Wildman–Crippen MR) is 75.5 cm³/mol. The number of methoxy groups -OCH3 is 1. The van der Waals surface area contributed by atoms with Crippen LogP contribution in [0.1, 0.15) is 23.0 Å². The lowest BCUT2D eigenvalue weighted by Crippen LogP contribution is -2.34. The van der Waals surface area contributed by atoms with Crippen LogP contribution in [0.5, 0.6) is 0 Å². The number of anilines is 2. The number of hydrogen-bond acceptors (Lipinski definition) is 7. The second-order valence-electron chi connectivity index (χ2n) is 3.98. The number of aromatic nitrogens is 1. The van der Waals surface area contributed by atoms with E-state index in [1.165, 1.54) is 18.4 Å². The Hall–Kier alpha value is -1.38. The molecule has 0 aromatic carbocycles. The number of aliphatic hydroxyl groups excluding tert-OH is 1. The van der Waals surface area contributed by atoms with Gasteiger partial charge in [0, 0.05) is 20.2 Å². The first-order chi connectivity index (χ1) is 9.08. The first-order valence-corrected chi connectivity index (χ1v) is 6.85. The molecule has 1 rings (SSSR count). The Bertz CT molecular complexity index is 411. The van der Waals surface area contributed by atoms with E-state index in [0.29, 0.717) is 10.0 Å². The van der Waals surface area contributed by atoms with E-state index in [2.05, 4.69) is 15.6 Å².